The standard InChI is InChI=1S/C26H21BrN4O4S2/c27-16-9-11-17(12-10-16)31-24(33)22-19-7-3-4-8-20(19)37-23(22)29-26(31)36-14-21(32)30-28-13-15-5-1-2-6-18(15)25(34)35/h1-2,5-6,9-13H,3-4,7-8,14H2,(H,30,32)(H,34,35). The number of thiophene rings is 1. The van der Waals surface area contributed by atoms with Crippen molar-refractivity contribution in [1.29, 1.82) is 0 Å². The number of fused-ring (bicyclic) bond motifs is 3. The van der Waals surface area contributed by atoms with Crippen molar-refractivity contribution >= 4 is 67.3 Å². The van der Waals surface area contributed by atoms with Crippen LogP contribution in [0.5, 0.6) is 0 Å². The van der Waals surface area contributed by atoms with Crippen molar-refractivity contribution in [2.75, 3.05) is 5.75 Å². The summed E-state index contributed by atoms with van der Waals surface area (Å²) in [6.07, 6.45) is 5.31. The molecule has 5 rings (SSSR count). The molecule has 0 fully saturated rings. The number of carboxylic acids is 1. The third-order valence-corrected chi connectivity index (χ3v) is 8.61. The van der Waals surface area contributed by atoms with Crippen molar-refractivity contribution in [3.8, 4) is 5.69 Å². The molecule has 0 spiro atoms. The lowest BCUT2D eigenvalue weighted by atomic mass is 9.97. The van der Waals surface area contributed by atoms with Crippen LogP contribution in [0.2, 0.25) is 0 Å². The number of aromatic carboxylic acids is 1. The zero-order valence-corrected chi connectivity index (χ0v) is 22.7. The number of amides is 1. The van der Waals surface area contributed by atoms with E-state index in [4.69, 9.17) is 4.98 Å². The Kier molecular flexibility index (Phi) is 7.54. The number of thioether (sulfide) groups is 1. The number of aryl methyl sites for hydroxylation is 2. The maximum atomic E-state index is 13.8. The topological polar surface area (TPSA) is 114 Å². The average molecular weight is 598 g/mol. The molecule has 0 atom stereocenters. The summed E-state index contributed by atoms with van der Waals surface area (Å²) in [5.41, 5.74) is 4.54. The van der Waals surface area contributed by atoms with Crippen LogP contribution >= 0.6 is 39.0 Å². The van der Waals surface area contributed by atoms with Crippen molar-refractivity contribution < 1.29 is 14.7 Å². The molecule has 2 N–H and O–H groups in total. The van der Waals surface area contributed by atoms with Gasteiger partial charge in [-0.2, -0.15) is 5.10 Å². The van der Waals surface area contributed by atoms with Gasteiger partial charge in [-0.1, -0.05) is 45.9 Å². The van der Waals surface area contributed by atoms with Crippen LogP contribution in [0, 0.1) is 0 Å². The molecule has 37 heavy (non-hydrogen) atoms. The lowest BCUT2D eigenvalue weighted by Crippen LogP contribution is -2.24. The van der Waals surface area contributed by atoms with Crippen LogP contribution in [-0.2, 0) is 17.6 Å². The van der Waals surface area contributed by atoms with Gasteiger partial charge in [0.05, 0.1) is 28.6 Å². The van der Waals surface area contributed by atoms with E-state index >= 15 is 0 Å². The summed E-state index contributed by atoms with van der Waals surface area (Å²) < 4.78 is 2.46. The van der Waals surface area contributed by atoms with Gasteiger partial charge in [0.25, 0.3) is 11.5 Å². The van der Waals surface area contributed by atoms with Gasteiger partial charge in [0.2, 0.25) is 0 Å². The Morgan fingerprint density at radius 2 is 1.92 bits per heavy atom. The number of nitrogens with zero attached hydrogens (tertiary/aromatic N) is 3. The number of hydrogen-bond acceptors (Lipinski definition) is 7. The molecule has 0 bridgehead atoms. The monoisotopic (exact) mass is 596 g/mol. The second-order valence-electron chi connectivity index (χ2n) is 8.38. The Morgan fingerprint density at radius 1 is 1.16 bits per heavy atom. The Bertz CT molecular complexity index is 1590. The molecular formula is C26H21BrN4O4S2. The first-order chi connectivity index (χ1) is 17.9. The highest BCUT2D eigenvalue weighted by Gasteiger charge is 2.23. The molecule has 2 aromatic heterocycles. The fraction of sp³-hybridized carbons (Fsp3) is 0.192. The van der Waals surface area contributed by atoms with E-state index in [0.717, 1.165) is 47.5 Å². The van der Waals surface area contributed by atoms with Gasteiger partial charge in [-0.25, -0.2) is 15.2 Å². The van der Waals surface area contributed by atoms with Gasteiger partial charge in [-0.15, -0.1) is 11.3 Å². The van der Waals surface area contributed by atoms with Crippen LogP contribution in [0.15, 0.2) is 68.1 Å². The Morgan fingerprint density at radius 3 is 2.70 bits per heavy atom. The Labute approximate surface area is 228 Å². The van der Waals surface area contributed by atoms with Crippen LogP contribution in [0.3, 0.4) is 0 Å². The normalized spacial score (nSPS) is 13.1. The zero-order valence-electron chi connectivity index (χ0n) is 19.4. The number of halogens is 1. The van der Waals surface area contributed by atoms with Gasteiger partial charge >= 0.3 is 5.97 Å². The van der Waals surface area contributed by atoms with Crippen LogP contribution in [-0.4, -0.2) is 38.5 Å². The first kappa shape index (κ1) is 25.4. The predicted octanol–water partition coefficient (Wildman–Crippen LogP) is 5.03. The molecule has 0 aliphatic heterocycles. The highest BCUT2D eigenvalue weighted by molar-refractivity contribution is 9.10. The summed E-state index contributed by atoms with van der Waals surface area (Å²) in [5.74, 6) is -1.51. The zero-order chi connectivity index (χ0) is 25.9. The highest BCUT2D eigenvalue weighted by atomic mass is 79.9. The fourth-order valence-electron chi connectivity index (χ4n) is 4.24. The summed E-state index contributed by atoms with van der Waals surface area (Å²) in [7, 11) is 0. The lowest BCUT2D eigenvalue weighted by Gasteiger charge is -2.13. The molecule has 2 heterocycles. The number of benzene rings is 2. The molecule has 8 nitrogen and oxygen atoms in total. The predicted molar refractivity (Wildman–Crippen MR) is 149 cm³/mol. The third-order valence-electron chi connectivity index (χ3n) is 5.96. The number of carboxylic acid groups (broad SMARTS) is 1. The third kappa shape index (κ3) is 5.39. The molecule has 0 saturated heterocycles. The van der Waals surface area contributed by atoms with Crippen molar-refractivity contribution in [3.05, 3.63) is 84.9 Å². The summed E-state index contributed by atoms with van der Waals surface area (Å²) in [4.78, 5) is 44.4. The van der Waals surface area contributed by atoms with E-state index in [1.54, 1.807) is 34.1 Å². The molecule has 11 heteroatoms. The SMILES string of the molecule is O=C(CSc1nc2sc3c(c2c(=O)n1-c1ccc(Br)cc1)CCCC3)NN=Cc1ccccc1C(=O)O. The maximum absolute atomic E-state index is 13.8. The van der Waals surface area contributed by atoms with E-state index in [0.29, 0.717) is 26.6 Å². The second kappa shape index (κ2) is 11.0. The molecule has 2 aromatic carbocycles. The summed E-state index contributed by atoms with van der Waals surface area (Å²) >= 11 is 6.15. The fourth-order valence-corrected chi connectivity index (χ4v) is 6.61. The van der Waals surface area contributed by atoms with Crippen molar-refractivity contribution in [1.82, 2.24) is 15.0 Å². The summed E-state index contributed by atoms with van der Waals surface area (Å²) in [6, 6.07) is 13.8. The first-order valence-corrected chi connectivity index (χ1v) is 14.1. The molecular weight excluding hydrogens is 576 g/mol. The Balaban J connectivity index is 1.42. The molecule has 0 radical (unpaired) electrons. The summed E-state index contributed by atoms with van der Waals surface area (Å²) in [5, 5.41) is 14.3. The van der Waals surface area contributed by atoms with Gasteiger partial charge in [-0.3, -0.25) is 14.2 Å². The minimum absolute atomic E-state index is 0.0303. The van der Waals surface area contributed by atoms with E-state index in [2.05, 4.69) is 26.5 Å². The van der Waals surface area contributed by atoms with Gasteiger partial charge < -0.3 is 5.11 Å². The average Bonchev–Trinajstić information content (AvgIpc) is 3.27. The number of aromatic nitrogens is 2. The molecule has 188 valence electrons. The number of hydrazone groups is 1. The summed E-state index contributed by atoms with van der Waals surface area (Å²) in [6.45, 7) is 0. The lowest BCUT2D eigenvalue weighted by molar-refractivity contribution is -0.118. The van der Waals surface area contributed by atoms with Crippen molar-refractivity contribution in [3.63, 3.8) is 0 Å². The highest BCUT2D eigenvalue weighted by Crippen LogP contribution is 2.35. The number of carbonyl (C=O) groups excluding carboxylic acids is 1. The van der Waals surface area contributed by atoms with E-state index < -0.39 is 11.9 Å². The number of rotatable bonds is 7. The Hall–Kier alpha value is -3.28. The van der Waals surface area contributed by atoms with Gasteiger partial charge in [-0.05, 0) is 61.6 Å². The van der Waals surface area contributed by atoms with Crippen LogP contribution in [0.1, 0.15) is 39.2 Å². The van der Waals surface area contributed by atoms with Crippen LogP contribution < -0.4 is 11.0 Å². The van der Waals surface area contributed by atoms with Gasteiger partial charge in [0, 0.05) is 14.9 Å². The van der Waals surface area contributed by atoms with E-state index in [9.17, 15) is 19.5 Å². The van der Waals surface area contributed by atoms with Crippen LogP contribution in [0.25, 0.3) is 15.9 Å². The minimum atomic E-state index is -1.08. The molecule has 1 amide bonds. The van der Waals surface area contributed by atoms with Crippen LogP contribution in [0.4, 0.5) is 0 Å². The molecule has 1 aliphatic rings. The molecule has 0 unspecified atom stereocenters. The van der Waals surface area contributed by atoms with Gasteiger partial charge in [0.15, 0.2) is 5.16 Å². The molecule has 1 aliphatic carbocycles. The number of nitrogens with one attached hydrogen (secondary N) is 1. The van der Waals surface area contributed by atoms with Crippen molar-refractivity contribution in [2.45, 2.75) is 30.8 Å². The smallest absolute Gasteiger partial charge is 0.336 e. The number of hydrogen-bond donors (Lipinski definition) is 2. The maximum Gasteiger partial charge on any atom is 0.336 e. The number of carbonyl (C=O) groups is 2. The van der Waals surface area contributed by atoms with Crippen molar-refractivity contribution in [2.24, 2.45) is 5.10 Å². The largest absolute Gasteiger partial charge is 0.478 e. The van der Waals surface area contributed by atoms with Gasteiger partial charge in [0.1, 0.15) is 4.83 Å². The first-order valence-electron chi connectivity index (χ1n) is 11.5. The second-order valence-corrected chi connectivity index (χ2v) is 11.3. The van der Waals surface area contributed by atoms with E-state index in [1.165, 1.54) is 17.2 Å². The molecule has 4 aromatic rings. The van der Waals surface area contributed by atoms with E-state index in [-0.39, 0.29) is 16.9 Å². The minimum Gasteiger partial charge on any atom is -0.478 e. The quantitative estimate of drug-likeness (QED) is 0.134. The van der Waals surface area contributed by atoms with E-state index in [1.807, 2.05) is 24.3 Å². The molecule has 0 saturated carbocycles.